The molecule has 0 spiro atoms. The Morgan fingerprint density at radius 3 is 2.53 bits per heavy atom. The quantitative estimate of drug-likeness (QED) is 0.285. The Kier molecular flexibility index (Phi) is 7.10. The largest absolute Gasteiger partial charge is 0.481 e. The molecule has 1 saturated heterocycles. The van der Waals surface area contributed by atoms with Crippen molar-refractivity contribution in [1.82, 2.24) is 18.8 Å². The Morgan fingerprint density at radius 2 is 1.85 bits per heavy atom. The fraction of sp³-hybridized carbons (Fsp3) is 0.308. The van der Waals surface area contributed by atoms with Gasteiger partial charge in [0.2, 0.25) is 5.88 Å². The van der Waals surface area contributed by atoms with Gasteiger partial charge in [0.1, 0.15) is 0 Å². The topological polar surface area (TPSA) is 63.4 Å². The normalized spacial score (nSPS) is 16.8. The molecule has 6 nitrogen and oxygen atoms in total. The first-order valence-corrected chi connectivity index (χ1v) is 14.7. The Balaban J connectivity index is 1.48. The van der Waals surface area contributed by atoms with Crippen LogP contribution in [0.1, 0.15) is 24.1 Å². The van der Waals surface area contributed by atoms with Gasteiger partial charge in [0.15, 0.2) is 5.65 Å². The predicted molar refractivity (Wildman–Crippen MR) is 147 cm³/mol. The average molecular weight is 586 g/mol. The van der Waals surface area contributed by atoms with Crippen molar-refractivity contribution in [2.75, 3.05) is 20.2 Å². The third kappa shape index (κ3) is 4.68. The van der Waals surface area contributed by atoms with Crippen LogP contribution in [0, 0.1) is 6.92 Å². The van der Waals surface area contributed by atoms with Gasteiger partial charge in [-0.1, -0.05) is 24.3 Å². The van der Waals surface area contributed by atoms with E-state index in [0.29, 0.717) is 5.88 Å². The lowest BCUT2D eigenvalue weighted by atomic mass is 10.0. The van der Waals surface area contributed by atoms with E-state index in [1.807, 2.05) is 18.5 Å². The zero-order valence-corrected chi connectivity index (χ0v) is 22.2. The number of rotatable bonds is 6. The highest BCUT2D eigenvalue weighted by Crippen LogP contribution is 2.39. The number of aromatic nitrogens is 3. The molecule has 0 radical (unpaired) electrons. The molecular weight excluding hydrogens is 559 g/mol. The molecule has 4 aromatic rings. The highest BCUT2D eigenvalue weighted by molar-refractivity contribution is 14.2. The summed E-state index contributed by atoms with van der Waals surface area (Å²) in [4.78, 5) is 11.6. The molecule has 34 heavy (non-hydrogen) atoms. The second kappa shape index (κ2) is 10.2. The number of halogens is 1. The molecule has 1 N–H and O–H groups in total. The highest BCUT2D eigenvalue weighted by Gasteiger charge is 2.19. The van der Waals surface area contributed by atoms with E-state index in [1.54, 1.807) is 16.2 Å². The standard InChI is InChI=1S/C26H27IN4O2S/c1-17-25(20-9-10-24(33-2)28-13-20)23-12-21(14-29-26(23)31(17)34-27)19-7-5-18(6-8-19)15-30-11-3-4-22(32)16-30/h5-10,12-14,22,32H,3-4,11,15-16H2,1-2H3. The molecule has 3 aromatic heterocycles. The fourth-order valence-electron chi connectivity index (χ4n) is 4.75. The van der Waals surface area contributed by atoms with Gasteiger partial charge < -0.3 is 9.84 Å². The van der Waals surface area contributed by atoms with Gasteiger partial charge in [0.05, 0.1) is 13.2 Å². The molecular formula is C26H27IN4O2S. The first kappa shape index (κ1) is 23.6. The van der Waals surface area contributed by atoms with Crippen LogP contribution in [-0.4, -0.2) is 50.3 Å². The molecule has 5 rings (SSSR count). The summed E-state index contributed by atoms with van der Waals surface area (Å²) >= 11 is 2.30. The van der Waals surface area contributed by atoms with Crippen LogP contribution in [0.15, 0.2) is 54.9 Å². The van der Waals surface area contributed by atoms with Crippen molar-refractivity contribution < 1.29 is 9.84 Å². The molecule has 1 atom stereocenters. The third-order valence-corrected chi connectivity index (χ3v) is 8.24. The minimum Gasteiger partial charge on any atom is -0.481 e. The van der Waals surface area contributed by atoms with Crippen LogP contribution >= 0.6 is 30.3 Å². The van der Waals surface area contributed by atoms with E-state index in [-0.39, 0.29) is 6.10 Å². The van der Waals surface area contributed by atoms with Crippen LogP contribution in [0.2, 0.25) is 0 Å². The maximum Gasteiger partial charge on any atom is 0.212 e. The number of aliphatic hydroxyl groups excluding tert-OH is 1. The van der Waals surface area contributed by atoms with Crippen LogP contribution < -0.4 is 4.74 Å². The van der Waals surface area contributed by atoms with E-state index in [0.717, 1.165) is 71.5 Å². The number of methoxy groups -OCH3 is 1. The van der Waals surface area contributed by atoms with E-state index in [4.69, 9.17) is 9.72 Å². The first-order valence-electron chi connectivity index (χ1n) is 11.4. The molecule has 0 bridgehead atoms. The summed E-state index contributed by atoms with van der Waals surface area (Å²) in [5.41, 5.74) is 7.78. The van der Waals surface area contributed by atoms with Gasteiger partial charge in [-0.3, -0.25) is 8.87 Å². The van der Waals surface area contributed by atoms with Crippen LogP contribution in [0.25, 0.3) is 33.3 Å². The summed E-state index contributed by atoms with van der Waals surface area (Å²) in [6, 6.07) is 14.9. The van der Waals surface area contributed by atoms with Crippen LogP contribution in [0.3, 0.4) is 0 Å². The van der Waals surface area contributed by atoms with Crippen molar-refractivity contribution in [3.63, 3.8) is 0 Å². The number of hydrogen-bond acceptors (Lipinski definition) is 6. The summed E-state index contributed by atoms with van der Waals surface area (Å²) in [6.45, 7) is 4.81. The van der Waals surface area contributed by atoms with E-state index in [9.17, 15) is 5.11 Å². The number of ether oxygens (including phenoxy) is 1. The van der Waals surface area contributed by atoms with Gasteiger partial charge in [-0.2, -0.15) is 0 Å². The monoisotopic (exact) mass is 586 g/mol. The fourth-order valence-corrected chi connectivity index (χ4v) is 6.60. The smallest absolute Gasteiger partial charge is 0.212 e. The lowest BCUT2D eigenvalue weighted by Gasteiger charge is -2.29. The summed E-state index contributed by atoms with van der Waals surface area (Å²) in [7, 11) is 3.25. The molecule has 1 fully saturated rings. The molecule has 1 aliphatic rings. The van der Waals surface area contributed by atoms with Crippen LogP contribution in [0.5, 0.6) is 5.88 Å². The molecule has 4 heterocycles. The Hall–Kier alpha value is -2.14. The molecule has 1 aromatic carbocycles. The summed E-state index contributed by atoms with van der Waals surface area (Å²) in [5, 5.41) is 11.1. The number of likely N-dealkylation sites (tertiary alicyclic amines) is 1. The minimum absolute atomic E-state index is 0.197. The molecule has 0 amide bonds. The molecule has 0 aliphatic carbocycles. The zero-order chi connectivity index (χ0) is 23.7. The van der Waals surface area contributed by atoms with Crippen molar-refractivity contribution in [3.8, 4) is 28.1 Å². The average Bonchev–Trinajstić information content (AvgIpc) is 3.14. The maximum absolute atomic E-state index is 9.94. The minimum atomic E-state index is -0.197. The van der Waals surface area contributed by atoms with Gasteiger partial charge in [0, 0.05) is 89.6 Å². The number of pyridine rings is 2. The Bertz CT molecular complexity index is 1290. The molecule has 1 aliphatic heterocycles. The Labute approximate surface area is 216 Å². The number of benzene rings is 1. The molecule has 1 unspecified atom stereocenters. The first-order chi connectivity index (χ1) is 16.6. The zero-order valence-electron chi connectivity index (χ0n) is 19.2. The SMILES string of the molecule is COc1ccc(-c2c(C)n(SI)c3ncc(-c4ccc(CN5CCCC(O)C5)cc4)cc23)cn1. The molecule has 0 saturated carbocycles. The predicted octanol–water partition coefficient (Wildman–Crippen LogP) is 5.89. The second-order valence-electron chi connectivity index (χ2n) is 8.74. The number of piperidine rings is 1. The number of β-amino-alcohol motifs (C(OH)–C–C–N with tert-alkyl or cyclic N) is 1. The van der Waals surface area contributed by atoms with Crippen LogP contribution in [0.4, 0.5) is 0 Å². The van der Waals surface area contributed by atoms with Gasteiger partial charge in [-0.25, -0.2) is 9.97 Å². The van der Waals surface area contributed by atoms with E-state index in [2.05, 4.69) is 78.4 Å². The Morgan fingerprint density at radius 1 is 1.09 bits per heavy atom. The maximum atomic E-state index is 9.94. The van der Waals surface area contributed by atoms with Crippen molar-refractivity contribution in [2.24, 2.45) is 0 Å². The molecule has 176 valence electrons. The number of hydrogen-bond donors (Lipinski definition) is 1. The van der Waals surface area contributed by atoms with Crippen molar-refractivity contribution >= 4 is 41.4 Å². The summed E-state index contributed by atoms with van der Waals surface area (Å²) in [6.07, 6.45) is 5.60. The van der Waals surface area contributed by atoms with E-state index >= 15 is 0 Å². The number of aliphatic hydroxyl groups is 1. The summed E-state index contributed by atoms with van der Waals surface area (Å²) in [5.74, 6) is 0.603. The van der Waals surface area contributed by atoms with Gasteiger partial charge in [0.25, 0.3) is 0 Å². The van der Waals surface area contributed by atoms with E-state index in [1.165, 1.54) is 5.56 Å². The molecule has 8 heteroatoms. The van der Waals surface area contributed by atoms with Gasteiger partial charge in [-0.05, 0) is 49.6 Å². The lowest BCUT2D eigenvalue weighted by Crippen LogP contribution is -2.37. The third-order valence-electron chi connectivity index (χ3n) is 6.47. The number of fused-ring (bicyclic) bond motifs is 1. The van der Waals surface area contributed by atoms with Crippen molar-refractivity contribution in [3.05, 3.63) is 66.1 Å². The van der Waals surface area contributed by atoms with Crippen molar-refractivity contribution in [2.45, 2.75) is 32.4 Å². The van der Waals surface area contributed by atoms with Gasteiger partial charge >= 0.3 is 0 Å². The highest BCUT2D eigenvalue weighted by atomic mass is 127. The van der Waals surface area contributed by atoms with E-state index < -0.39 is 0 Å². The number of nitrogens with zero attached hydrogens (tertiary/aromatic N) is 4. The lowest BCUT2D eigenvalue weighted by molar-refractivity contribution is 0.0668. The van der Waals surface area contributed by atoms with Gasteiger partial charge in [-0.15, -0.1) is 0 Å². The summed E-state index contributed by atoms with van der Waals surface area (Å²) < 4.78 is 7.40. The second-order valence-corrected chi connectivity index (χ2v) is 10.4. The van der Waals surface area contributed by atoms with Crippen LogP contribution in [-0.2, 0) is 6.54 Å². The van der Waals surface area contributed by atoms with Crippen molar-refractivity contribution in [1.29, 1.82) is 0 Å².